The molecule has 0 spiro atoms. The molecule has 0 saturated heterocycles. The van der Waals surface area contributed by atoms with Crippen molar-refractivity contribution in [2.45, 2.75) is 13.8 Å². The molecular weight excluding hydrogens is 266 g/mol. The van der Waals surface area contributed by atoms with E-state index in [1.807, 2.05) is 0 Å². The molecule has 6 heteroatoms. The van der Waals surface area contributed by atoms with Crippen molar-refractivity contribution < 1.29 is 18.7 Å². The van der Waals surface area contributed by atoms with Gasteiger partial charge in [-0.15, -0.1) is 11.3 Å². The third-order valence-corrected chi connectivity index (χ3v) is 3.24. The van der Waals surface area contributed by atoms with E-state index in [4.69, 9.17) is 9.15 Å². The van der Waals surface area contributed by atoms with Gasteiger partial charge in [-0.05, 0) is 19.1 Å². The lowest BCUT2D eigenvalue weighted by Gasteiger charge is -2.06. The largest absolute Gasteiger partial charge is 0.464 e. The van der Waals surface area contributed by atoms with Crippen molar-refractivity contribution in [3.8, 4) is 11.3 Å². The fraction of sp³-hybridized carbons (Fsp3) is 0.231. The topological polar surface area (TPSA) is 68.5 Å². The van der Waals surface area contributed by atoms with E-state index in [0.717, 1.165) is 0 Å². The van der Waals surface area contributed by atoms with Gasteiger partial charge in [0.15, 0.2) is 0 Å². The third-order valence-electron chi connectivity index (χ3n) is 2.35. The second-order valence-corrected chi connectivity index (χ2v) is 4.61. The maximum absolute atomic E-state index is 12.0. The van der Waals surface area contributed by atoms with Gasteiger partial charge in [-0.25, -0.2) is 4.79 Å². The zero-order chi connectivity index (χ0) is 13.8. The normalized spacial score (nSPS) is 10.2. The summed E-state index contributed by atoms with van der Waals surface area (Å²) >= 11 is 1.26. The number of amides is 1. The smallest absolute Gasteiger partial charge is 0.341 e. The summed E-state index contributed by atoms with van der Waals surface area (Å²) in [6.45, 7) is 3.39. The summed E-state index contributed by atoms with van der Waals surface area (Å²) in [4.78, 5) is 23.2. The Hall–Kier alpha value is -2.08. The van der Waals surface area contributed by atoms with Crippen LogP contribution in [0, 0.1) is 0 Å². The quantitative estimate of drug-likeness (QED) is 0.873. The highest BCUT2D eigenvalue weighted by atomic mass is 32.1. The van der Waals surface area contributed by atoms with Crippen LogP contribution in [0.2, 0.25) is 0 Å². The van der Waals surface area contributed by atoms with E-state index in [-0.39, 0.29) is 12.5 Å². The van der Waals surface area contributed by atoms with Gasteiger partial charge in [0.1, 0.15) is 16.3 Å². The summed E-state index contributed by atoms with van der Waals surface area (Å²) in [5.41, 5.74) is 0.953. The molecule has 0 fully saturated rings. The van der Waals surface area contributed by atoms with Crippen LogP contribution in [-0.2, 0) is 9.53 Å². The summed E-state index contributed by atoms with van der Waals surface area (Å²) in [5.74, 6) is -0.145. The Morgan fingerprint density at radius 1 is 1.47 bits per heavy atom. The fourth-order valence-electron chi connectivity index (χ4n) is 1.63. The lowest BCUT2D eigenvalue weighted by molar-refractivity contribution is -0.114. The van der Waals surface area contributed by atoms with Crippen molar-refractivity contribution in [1.82, 2.24) is 0 Å². The van der Waals surface area contributed by atoms with Gasteiger partial charge in [0.05, 0.1) is 12.9 Å². The van der Waals surface area contributed by atoms with Gasteiger partial charge in [-0.2, -0.15) is 0 Å². The molecule has 0 saturated carbocycles. The minimum absolute atomic E-state index is 0.238. The van der Waals surface area contributed by atoms with Crippen LogP contribution >= 0.6 is 11.3 Å². The second-order valence-electron chi connectivity index (χ2n) is 3.73. The number of carbonyl (C=O) groups excluding carboxylic acids is 2. The van der Waals surface area contributed by atoms with Gasteiger partial charge in [0.25, 0.3) is 0 Å². The van der Waals surface area contributed by atoms with Gasteiger partial charge in [-0.1, -0.05) is 0 Å². The summed E-state index contributed by atoms with van der Waals surface area (Å²) in [6, 6.07) is 3.49. The van der Waals surface area contributed by atoms with Crippen molar-refractivity contribution in [2.75, 3.05) is 11.9 Å². The molecular formula is C13H13NO4S. The minimum atomic E-state index is -0.473. The molecule has 0 aliphatic rings. The van der Waals surface area contributed by atoms with Crippen molar-refractivity contribution >= 4 is 28.2 Å². The van der Waals surface area contributed by atoms with Crippen LogP contribution in [0.25, 0.3) is 11.3 Å². The second kappa shape index (κ2) is 5.71. The number of thiophene rings is 1. The molecule has 100 valence electrons. The first-order valence-electron chi connectivity index (χ1n) is 5.73. The monoisotopic (exact) mass is 279 g/mol. The molecule has 2 aromatic heterocycles. The molecule has 2 aromatic rings. The van der Waals surface area contributed by atoms with Gasteiger partial charge >= 0.3 is 5.97 Å². The molecule has 0 bridgehead atoms. The highest BCUT2D eigenvalue weighted by Gasteiger charge is 2.23. The zero-order valence-electron chi connectivity index (χ0n) is 10.6. The molecule has 19 heavy (non-hydrogen) atoms. The van der Waals surface area contributed by atoms with Crippen LogP contribution in [-0.4, -0.2) is 18.5 Å². The zero-order valence-corrected chi connectivity index (χ0v) is 11.4. The standard InChI is InChI=1S/C13H13NO4S/c1-3-17-13(16)11-9(10-5-4-6-18-10)7-19-12(11)14-8(2)15/h4-7H,3H2,1-2H3,(H,14,15). The average Bonchev–Trinajstić information content (AvgIpc) is 2.96. The Morgan fingerprint density at radius 2 is 2.26 bits per heavy atom. The Morgan fingerprint density at radius 3 is 2.84 bits per heavy atom. The summed E-state index contributed by atoms with van der Waals surface area (Å²) in [6.07, 6.45) is 1.53. The molecule has 0 aromatic carbocycles. The van der Waals surface area contributed by atoms with E-state index in [0.29, 0.717) is 21.9 Å². The van der Waals surface area contributed by atoms with E-state index in [2.05, 4.69) is 5.32 Å². The molecule has 2 heterocycles. The van der Waals surface area contributed by atoms with Crippen LogP contribution in [0.15, 0.2) is 28.2 Å². The third kappa shape index (κ3) is 2.85. The molecule has 5 nitrogen and oxygen atoms in total. The number of furan rings is 1. The number of anilines is 1. The fourth-order valence-corrected chi connectivity index (χ4v) is 2.61. The Bertz CT molecular complexity index is 586. The summed E-state index contributed by atoms with van der Waals surface area (Å²) in [7, 11) is 0. The number of hydrogen-bond donors (Lipinski definition) is 1. The Kier molecular flexibility index (Phi) is 4.01. The van der Waals surface area contributed by atoms with Crippen molar-refractivity contribution in [3.63, 3.8) is 0 Å². The van der Waals surface area contributed by atoms with Crippen molar-refractivity contribution in [3.05, 3.63) is 29.3 Å². The molecule has 1 N–H and O–H groups in total. The first kappa shape index (κ1) is 13.4. The molecule has 0 atom stereocenters. The summed E-state index contributed by atoms with van der Waals surface area (Å²) in [5, 5.41) is 4.86. The maximum atomic E-state index is 12.0. The van der Waals surface area contributed by atoms with Crippen LogP contribution < -0.4 is 5.32 Å². The SMILES string of the molecule is CCOC(=O)c1c(-c2ccco2)csc1NC(C)=O. The van der Waals surface area contributed by atoms with E-state index < -0.39 is 5.97 Å². The lowest BCUT2D eigenvalue weighted by atomic mass is 10.1. The molecule has 2 rings (SSSR count). The van der Waals surface area contributed by atoms with Gasteiger partial charge < -0.3 is 14.5 Å². The highest BCUT2D eigenvalue weighted by molar-refractivity contribution is 7.15. The average molecular weight is 279 g/mol. The molecule has 0 aliphatic carbocycles. The Balaban J connectivity index is 2.46. The summed E-state index contributed by atoms with van der Waals surface area (Å²) < 4.78 is 10.3. The van der Waals surface area contributed by atoms with Crippen molar-refractivity contribution in [2.24, 2.45) is 0 Å². The van der Waals surface area contributed by atoms with E-state index in [1.165, 1.54) is 24.5 Å². The minimum Gasteiger partial charge on any atom is -0.464 e. The predicted molar refractivity (Wildman–Crippen MR) is 72.3 cm³/mol. The van der Waals surface area contributed by atoms with Gasteiger partial charge in [-0.3, -0.25) is 4.79 Å². The van der Waals surface area contributed by atoms with Crippen LogP contribution in [0.5, 0.6) is 0 Å². The highest BCUT2D eigenvalue weighted by Crippen LogP contribution is 2.36. The van der Waals surface area contributed by atoms with Gasteiger partial charge in [0, 0.05) is 17.9 Å². The van der Waals surface area contributed by atoms with Crippen LogP contribution in [0.3, 0.4) is 0 Å². The number of carbonyl (C=O) groups is 2. The maximum Gasteiger partial charge on any atom is 0.341 e. The Labute approximate surface area is 114 Å². The number of esters is 1. The number of ether oxygens (including phenoxy) is 1. The van der Waals surface area contributed by atoms with E-state index >= 15 is 0 Å². The molecule has 1 amide bonds. The van der Waals surface area contributed by atoms with Crippen molar-refractivity contribution in [1.29, 1.82) is 0 Å². The first-order chi connectivity index (χ1) is 9.13. The lowest BCUT2D eigenvalue weighted by Crippen LogP contribution is -2.11. The molecule has 0 radical (unpaired) electrons. The molecule has 0 aliphatic heterocycles. The van der Waals surface area contributed by atoms with Crippen LogP contribution in [0.4, 0.5) is 5.00 Å². The van der Waals surface area contributed by atoms with E-state index in [9.17, 15) is 9.59 Å². The molecule has 0 unspecified atom stereocenters. The predicted octanol–water partition coefficient (Wildman–Crippen LogP) is 3.14. The van der Waals surface area contributed by atoms with E-state index in [1.54, 1.807) is 24.4 Å². The number of rotatable bonds is 4. The van der Waals surface area contributed by atoms with Gasteiger partial charge in [0.2, 0.25) is 5.91 Å². The number of hydrogen-bond acceptors (Lipinski definition) is 5. The van der Waals surface area contributed by atoms with Crippen LogP contribution in [0.1, 0.15) is 24.2 Å². The first-order valence-corrected chi connectivity index (χ1v) is 6.61. The number of nitrogens with one attached hydrogen (secondary N) is 1.